The van der Waals surface area contributed by atoms with Gasteiger partial charge >= 0.3 is 5.97 Å². The van der Waals surface area contributed by atoms with Crippen molar-refractivity contribution in [1.29, 1.82) is 5.26 Å². The number of thiophene rings is 1. The first-order valence-electron chi connectivity index (χ1n) is 7.25. The van der Waals surface area contributed by atoms with Crippen LogP contribution >= 0.6 is 11.3 Å². The zero-order valence-corrected chi connectivity index (χ0v) is 14.3. The molecule has 0 radical (unpaired) electrons. The fourth-order valence-corrected chi connectivity index (χ4v) is 2.51. The van der Waals surface area contributed by atoms with Crippen LogP contribution in [0.3, 0.4) is 0 Å². The third-order valence-corrected chi connectivity index (χ3v) is 3.96. The van der Waals surface area contributed by atoms with Crippen LogP contribution in [-0.4, -0.2) is 29.9 Å². The Kier molecular flexibility index (Phi) is 5.92. The van der Waals surface area contributed by atoms with Gasteiger partial charge in [0.15, 0.2) is 11.9 Å². The highest BCUT2D eigenvalue weighted by atomic mass is 32.1. The average molecular weight is 361 g/mol. The van der Waals surface area contributed by atoms with Crippen molar-refractivity contribution in [2.24, 2.45) is 0 Å². The summed E-state index contributed by atoms with van der Waals surface area (Å²) >= 11 is 1.19. The van der Waals surface area contributed by atoms with Crippen molar-refractivity contribution in [2.75, 3.05) is 5.32 Å². The second-order valence-corrected chi connectivity index (χ2v) is 5.93. The number of hydrogen-bond donors (Lipinski definition) is 2. The molecule has 1 unspecified atom stereocenters. The van der Waals surface area contributed by atoms with Crippen LogP contribution in [0.2, 0.25) is 0 Å². The third kappa shape index (κ3) is 4.68. The van der Waals surface area contributed by atoms with E-state index < -0.39 is 29.9 Å². The van der Waals surface area contributed by atoms with Gasteiger partial charge in [0.1, 0.15) is 17.1 Å². The number of esters is 1. The molecule has 0 bridgehead atoms. The van der Waals surface area contributed by atoms with E-state index in [-0.39, 0.29) is 5.76 Å². The number of rotatable bonds is 6. The van der Waals surface area contributed by atoms with Crippen LogP contribution in [0, 0.1) is 11.3 Å². The summed E-state index contributed by atoms with van der Waals surface area (Å²) in [6.45, 7) is 2.83. The number of hydrogen-bond acceptors (Lipinski definition) is 7. The molecule has 8 nitrogen and oxygen atoms in total. The maximum atomic E-state index is 12.1. The van der Waals surface area contributed by atoms with E-state index >= 15 is 0 Å². The zero-order chi connectivity index (χ0) is 18.4. The van der Waals surface area contributed by atoms with Gasteiger partial charge in [-0.15, -0.1) is 11.3 Å². The molecule has 25 heavy (non-hydrogen) atoms. The van der Waals surface area contributed by atoms with Crippen LogP contribution in [0.25, 0.3) is 0 Å². The monoisotopic (exact) mass is 361 g/mol. The zero-order valence-electron chi connectivity index (χ0n) is 13.4. The molecule has 2 atom stereocenters. The van der Waals surface area contributed by atoms with Gasteiger partial charge in [-0.25, -0.2) is 4.79 Å². The normalized spacial score (nSPS) is 12.5. The molecule has 2 aromatic rings. The maximum absolute atomic E-state index is 12.1. The molecule has 130 valence electrons. The standard InChI is InChI=1S/C16H15N3O5S/c1-9(18-14(21)12-4-3-6-23-12)16(22)24-10(2)13(20)19-15-11(8-17)5-7-25-15/h3-7,9-10H,1-2H3,(H,18,21)(H,19,20)/t9-,10?/m0/s1. The molecule has 0 saturated heterocycles. The molecule has 2 rings (SSSR count). The number of ether oxygens (including phenoxy) is 1. The summed E-state index contributed by atoms with van der Waals surface area (Å²) in [6.07, 6.45) is 0.244. The van der Waals surface area contributed by atoms with E-state index in [1.54, 1.807) is 17.5 Å². The molecule has 2 N–H and O–H groups in total. The molecule has 0 aliphatic carbocycles. The minimum atomic E-state index is -1.09. The summed E-state index contributed by atoms with van der Waals surface area (Å²) in [5.74, 6) is -1.85. The first-order chi connectivity index (χ1) is 11.9. The van der Waals surface area contributed by atoms with E-state index in [4.69, 9.17) is 14.4 Å². The molecule has 2 aromatic heterocycles. The summed E-state index contributed by atoms with van der Waals surface area (Å²) in [4.78, 5) is 35.8. The van der Waals surface area contributed by atoms with Gasteiger partial charge in [0.25, 0.3) is 11.8 Å². The Hall–Kier alpha value is -3.12. The second-order valence-electron chi connectivity index (χ2n) is 5.02. The lowest BCUT2D eigenvalue weighted by Gasteiger charge is -2.17. The van der Waals surface area contributed by atoms with Gasteiger partial charge in [-0.3, -0.25) is 9.59 Å². The molecule has 9 heteroatoms. The molecular formula is C16H15N3O5S. The average Bonchev–Trinajstić information content (AvgIpc) is 3.25. The number of carbonyl (C=O) groups excluding carboxylic acids is 3. The molecule has 0 aliphatic heterocycles. The second kappa shape index (κ2) is 8.12. The van der Waals surface area contributed by atoms with Crippen LogP contribution in [-0.2, 0) is 14.3 Å². The molecule has 2 amide bonds. The van der Waals surface area contributed by atoms with Crippen LogP contribution in [0.5, 0.6) is 0 Å². The summed E-state index contributed by atoms with van der Waals surface area (Å²) in [7, 11) is 0. The number of nitrogens with one attached hydrogen (secondary N) is 2. The minimum absolute atomic E-state index is 0.0622. The Morgan fingerprint density at radius 1 is 1.32 bits per heavy atom. The van der Waals surface area contributed by atoms with Gasteiger partial charge in [-0.1, -0.05) is 0 Å². The van der Waals surface area contributed by atoms with Gasteiger partial charge in [0.05, 0.1) is 11.8 Å². The van der Waals surface area contributed by atoms with E-state index in [0.717, 1.165) is 0 Å². The molecule has 0 fully saturated rings. The van der Waals surface area contributed by atoms with Gasteiger partial charge in [-0.05, 0) is 37.4 Å². The Morgan fingerprint density at radius 3 is 2.72 bits per heavy atom. The maximum Gasteiger partial charge on any atom is 0.329 e. The highest BCUT2D eigenvalue weighted by Crippen LogP contribution is 2.22. The molecule has 0 saturated carbocycles. The summed E-state index contributed by atoms with van der Waals surface area (Å²) < 4.78 is 9.96. The van der Waals surface area contributed by atoms with Crippen molar-refractivity contribution in [3.05, 3.63) is 41.2 Å². The Labute approximate surface area is 147 Å². The van der Waals surface area contributed by atoms with Crippen LogP contribution < -0.4 is 10.6 Å². The van der Waals surface area contributed by atoms with E-state index in [1.807, 2.05) is 6.07 Å². The van der Waals surface area contributed by atoms with Gasteiger partial charge in [0.2, 0.25) is 0 Å². The fourth-order valence-electron chi connectivity index (χ4n) is 1.77. The SMILES string of the molecule is CC(OC(=O)[C@H](C)NC(=O)c1ccco1)C(=O)Nc1sccc1C#N. The van der Waals surface area contributed by atoms with Crippen molar-refractivity contribution in [3.63, 3.8) is 0 Å². The number of carbonyl (C=O) groups is 3. The number of amides is 2. The highest BCUT2D eigenvalue weighted by Gasteiger charge is 2.24. The third-order valence-electron chi connectivity index (χ3n) is 3.13. The first-order valence-corrected chi connectivity index (χ1v) is 8.13. The topological polar surface area (TPSA) is 121 Å². The van der Waals surface area contributed by atoms with Crippen LogP contribution in [0.15, 0.2) is 34.3 Å². The predicted octanol–water partition coefficient (Wildman–Crippen LogP) is 1.90. The number of nitriles is 1. The fraction of sp³-hybridized carbons (Fsp3) is 0.250. The Balaban J connectivity index is 1.87. The smallest absolute Gasteiger partial charge is 0.329 e. The van der Waals surface area contributed by atoms with Crippen LogP contribution in [0.4, 0.5) is 5.00 Å². The van der Waals surface area contributed by atoms with Crippen molar-refractivity contribution < 1.29 is 23.5 Å². The van der Waals surface area contributed by atoms with Gasteiger partial charge in [-0.2, -0.15) is 5.26 Å². The van der Waals surface area contributed by atoms with E-state index in [1.165, 1.54) is 37.5 Å². The van der Waals surface area contributed by atoms with E-state index in [0.29, 0.717) is 10.6 Å². The number of anilines is 1. The van der Waals surface area contributed by atoms with Crippen molar-refractivity contribution in [3.8, 4) is 6.07 Å². The Morgan fingerprint density at radius 2 is 2.08 bits per heavy atom. The predicted molar refractivity (Wildman–Crippen MR) is 88.9 cm³/mol. The number of furan rings is 1. The van der Waals surface area contributed by atoms with E-state index in [2.05, 4.69) is 10.6 Å². The van der Waals surface area contributed by atoms with Crippen molar-refractivity contribution in [2.45, 2.75) is 26.0 Å². The van der Waals surface area contributed by atoms with Crippen molar-refractivity contribution in [1.82, 2.24) is 5.32 Å². The molecule has 0 aliphatic rings. The van der Waals surface area contributed by atoms with Gasteiger partial charge < -0.3 is 19.8 Å². The highest BCUT2D eigenvalue weighted by molar-refractivity contribution is 7.14. The van der Waals surface area contributed by atoms with Gasteiger partial charge in [0, 0.05) is 0 Å². The first kappa shape index (κ1) is 18.2. The van der Waals surface area contributed by atoms with E-state index in [9.17, 15) is 14.4 Å². The van der Waals surface area contributed by atoms with Crippen LogP contribution in [0.1, 0.15) is 30.0 Å². The summed E-state index contributed by atoms with van der Waals surface area (Å²) in [5.41, 5.74) is 0.330. The lowest BCUT2D eigenvalue weighted by molar-refractivity contribution is -0.154. The quantitative estimate of drug-likeness (QED) is 0.758. The summed E-state index contributed by atoms with van der Waals surface area (Å²) in [5, 5.41) is 15.9. The largest absolute Gasteiger partial charge is 0.459 e. The Bertz CT molecular complexity index is 806. The summed E-state index contributed by atoms with van der Waals surface area (Å²) in [6, 6.07) is 5.55. The number of nitrogens with zero attached hydrogens (tertiary/aromatic N) is 1. The lowest BCUT2D eigenvalue weighted by Crippen LogP contribution is -2.42. The minimum Gasteiger partial charge on any atom is -0.459 e. The molecule has 2 heterocycles. The lowest BCUT2D eigenvalue weighted by atomic mass is 10.3. The molecule has 0 spiro atoms. The molecular weight excluding hydrogens is 346 g/mol. The molecule has 0 aromatic carbocycles. The van der Waals surface area contributed by atoms with Crippen molar-refractivity contribution >= 4 is 34.1 Å².